The molecule has 1 spiro atoms. The highest BCUT2D eigenvalue weighted by molar-refractivity contribution is 5.78. The van der Waals surface area contributed by atoms with Gasteiger partial charge in [0.2, 0.25) is 5.91 Å². The maximum atomic E-state index is 14.0. The van der Waals surface area contributed by atoms with Crippen LogP contribution >= 0.6 is 0 Å². The molecule has 32 heavy (non-hydrogen) atoms. The molecule has 1 atom stereocenters. The Balaban J connectivity index is 1.30. The second-order valence-electron chi connectivity index (χ2n) is 9.90. The standard InChI is InChI=1S/C27H34FN3O/c28-23-9-6-8-21(17-23)24-19-29-26(32)18-27(24)11-15-30(16-12-27)20-22-7-2-3-10-25(22)31-13-4-1-5-14-31/h2-3,6-10,17,24H,1,4-5,11-16,18-20H2,(H,29,32). The van der Waals surface area contributed by atoms with Crippen molar-refractivity contribution >= 4 is 11.6 Å². The van der Waals surface area contributed by atoms with Gasteiger partial charge in [0.05, 0.1) is 0 Å². The molecule has 3 aliphatic rings. The van der Waals surface area contributed by atoms with Crippen LogP contribution in [-0.4, -0.2) is 43.5 Å². The van der Waals surface area contributed by atoms with Gasteiger partial charge in [0.25, 0.3) is 0 Å². The molecule has 4 nitrogen and oxygen atoms in total. The van der Waals surface area contributed by atoms with E-state index in [1.165, 1.54) is 36.6 Å². The lowest BCUT2D eigenvalue weighted by molar-refractivity contribution is -0.128. The van der Waals surface area contributed by atoms with Crippen molar-refractivity contribution in [3.05, 3.63) is 65.5 Å². The lowest BCUT2D eigenvalue weighted by atomic mass is 9.62. The molecule has 0 aromatic heterocycles. The Bertz CT molecular complexity index is 947. The van der Waals surface area contributed by atoms with Gasteiger partial charge in [-0.05, 0) is 79.9 Å². The van der Waals surface area contributed by atoms with Crippen molar-refractivity contribution in [3.63, 3.8) is 0 Å². The van der Waals surface area contributed by atoms with Gasteiger partial charge >= 0.3 is 0 Å². The Morgan fingerprint density at radius 2 is 1.75 bits per heavy atom. The number of para-hydroxylation sites is 1. The van der Waals surface area contributed by atoms with E-state index in [1.54, 1.807) is 12.1 Å². The first-order chi connectivity index (χ1) is 15.6. The number of amides is 1. The molecule has 0 bridgehead atoms. The van der Waals surface area contributed by atoms with E-state index in [9.17, 15) is 9.18 Å². The normalized spacial score (nSPS) is 23.8. The van der Waals surface area contributed by atoms with Crippen LogP contribution in [0.5, 0.6) is 0 Å². The molecule has 0 aliphatic carbocycles. The average molecular weight is 436 g/mol. The first-order valence-electron chi connectivity index (χ1n) is 12.2. The van der Waals surface area contributed by atoms with Crippen LogP contribution in [0.1, 0.15) is 55.6 Å². The lowest BCUT2D eigenvalue weighted by Crippen LogP contribution is -2.52. The van der Waals surface area contributed by atoms with E-state index in [2.05, 4.69) is 39.4 Å². The molecule has 2 aromatic carbocycles. The molecule has 170 valence electrons. The van der Waals surface area contributed by atoms with Gasteiger partial charge in [-0.15, -0.1) is 0 Å². The van der Waals surface area contributed by atoms with Gasteiger partial charge in [-0.3, -0.25) is 9.69 Å². The molecule has 3 fully saturated rings. The summed E-state index contributed by atoms with van der Waals surface area (Å²) in [6.07, 6.45) is 6.41. The summed E-state index contributed by atoms with van der Waals surface area (Å²) in [6.45, 7) is 5.84. The van der Waals surface area contributed by atoms with Crippen molar-refractivity contribution in [2.75, 3.05) is 37.6 Å². The van der Waals surface area contributed by atoms with Gasteiger partial charge < -0.3 is 10.2 Å². The molecular weight excluding hydrogens is 401 g/mol. The monoisotopic (exact) mass is 435 g/mol. The maximum Gasteiger partial charge on any atom is 0.220 e. The van der Waals surface area contributed by atoms with Crippen LogP contribution in [0.15, 0.2) is 48.5 Å². The number of nitrogens with zero attached hydrogens (tertiary/aromatic N) is 2. The highest BCUT2D eigenvalue weighted by Gasteiger charge is 2.46. The SMILES string of the molecule is O=C1CC2(CCN(Cc3ccccc3N3CCCCC3)CC2)C(c2cccc(F)c2)CN1. The van der Waals surface area contributed by atoms with Crippen molar-refractivity contribution in [3.8, 4) is 0 Å². The van der Waals surface area contributed by atoms with E-state index in [-0.39, 0.29) is 23.1 Å². The predicted octanol–water partition coefficient (Wildman–Crippen LogP) is 4.70. The van der Waals surface area contributed by atoms with Gasteiger partial charge in [0, 0.05) is 44.2 Å². The fourth-order valence-electron chi connectivity index (χ4n) is 6.14. The first-order valence-corrected chi connectivity index (χ1v) is 12.2. The zero-order valence-corrected chi connectivity index (χ0v) is 18.9. The lowest BCUT2D eigenvalue weighted by Gasteiger charge is -2.49. The van der Waals surface area contributed by atoms with E-state index >= 15 is 0 Å². The Morgan fingerprint density at radius 1 is 0.969 bits per heavy atom. The van der Waals surface area contributed by atoms with Gasteiger partial charge in [0.15, 0.2) is 0 Å². The first kappa shape index (κ1) is 21.4. The third-order valence-corrected chi connectivity index (χ3v) is 7.94. The van der Waals surface area contributed by atoms with Gasteiger partial charge in [-0.25, -0.2) is 4.39 Å². The van der Waals surface area contributed by atoms with Crippen LogP contribution in [-0.2, 0) is 11.3 Å². The summed E-state index contributed by atoms with van der Waals surface area (Å²) in [5, 5.41) is 3.04. The minimum atomic E-state index is -0.193. The fourth-order valence-corrected chi connectivity index (χ4v) is 6.14. The van der Waals surface area contributed by atoms with Crippen molar-refractivity contribution < 1.29 is 9.18 Å². The average Bonchev–Trinajstić information content (AvgIpc) is 2.82. The Morgan fingerprint density at radius 3 is 2.53 bits per heavy atom. The predicted molar refractivity (Wildman–Crippen MR) is 126 cm³/mol. The molecule has 0 radical (unpaired) electrons. The van der Waals surface area contributed by atoms with E-state index in [1.807, 2.05) is 6.07 Å². The number of halogens is 1. The summed E-state index contributed by atoms with van der Waals surface area (Å²) in [5.74, 6) is 0.126. The van der Waals surface area contributed by atoms with Crippen molar-refractivity contribution in [1.29, 1.82) is 0 Å². The molecule has 3 heterocycles. The molecule has 2 aromatic rings. The molecule has 1 unspecified atom stereocenters. The van der Waals surface area contributed by atoms with Crippen LogP contribution < -0.4 is 10.2 Å². The Hall–Kier alpha value is -2.40. The highest BCUT2D eigenvalue weighted by Crippen LogP contribution is 2.49. The number of hydrogen-bond acceptors (Lipinski definition) is 3. The van der Waals surface area contributed by atoms with Crippen LogP contribution in [0, 0.1) is 11.2 Å². The van der Waals surface area contributed by atoms with Crippen LogP contribution in [0.25, 0.3) is 0 Å². The summed E-state index contributed by atoms with van der Waals surface area (Å²) in [6, 6.07) is 15.8. The number of rotatable bonds is 4. The minimum Gasteiger partial charge on any atom is -0.371 e. The van der Waals surface area contributed by atoms with Gasteiger partial charge in [0.1, 0.15) is 5.82 Å². The number of anilines is 1. The Labute approximate surface area is 190 Å². The number of piperidine rings is 3. The second-order valence-corrected chi connectivity index (χ2v) is 9.90. The third kappa shape index (κ3) is 4.40. The quantitative estimate of drug-likeness (QED) is 0.756. The number of nitrogens with one attached hydrogen (secondary N) is 1. The molecule has 1 N–H and O–H groups in total. The molecule has 5 rings (SSSR count). The van der Waals surface area contributed by atoms with E-state index in [0.717, 1.165) is 51.1 Å². The largest absolute Gasteiger partial charge is 0.371 e. The summed E-state index contributed by atoms with van der Waals surface area (Å²) < 4.78 is 14.0. The number of carbonyl (C=O) groups is 1. The van der Waals surface area contributed by atoms with Crippen LogP contribution in [0.2, 0.25) is 0 Å². The Kier molecular flexibility index (Phi) is 6.18. The number of carbonyl (C=O) groups excluding carboxylic acids is 1. The summed E-state index contributed by atoms with van der Waals surface area (Å²) in [4.78, 5) is 17.5. The zero-order valence-electron chi connectivity index (χ0n) is 18.9. The highest BCUT2D eigenvalue weighted by atomic mass is 19.1. The van der Waals surface area contributed by atoms with Gasteiger partial charge in [-0.2, -0.15) is 0 Å². The molecule has 5 heteroatoms. The van der Waals surface area contributed by atoms with Crippen molar-refractivity contribution in [2.45, 2.75) is 51.0 Å². The molecule has 1 amide bonds. The zero-order chi connectivity index (χ0) is 22.0. The van der Waals surface area contributed by atoms with Crippen LogP contribution in [0.3, 0.4) is 0 Å². The molecule has 3 saturated heterocycles. The van der Waals surface area contributed by atoms with Crippen molar-refractivity contribution in [1.82, 2.24) is 10.2 Å². The maximum absolute atomic E-state index is 14.0. The third-order valence-electron chi connectivity index (χ3n) is 7.94. The van der Waals surface area contributed by atoms with Gasteiger partial charge in [-0.1, -0.05) is 30.3 Å². The molecular formula is C27H34FN3O. The van der Waals surface area contributed by atoms with Crippen LogP contribution in [0.4, 0.5) is 10.1 Å². The number of likely N-dealkylation sites (tertiary alicyclic amines) is 1. The van der Waals surface area contributed by atoms with E-state index in [4.69, 9.17) is 0 Å². The number of hydrogen-bond donors (Lipinski definition) is 1. The smallest absolute Gasteiger partial charge is 0.220 e. The van der Waals surface area contributed by atoms with E-state index < -0.39 is 0 Å². The fraction of sp³-hybridized carbons (Fsp3) is 0.519. The number of benzene rings is 2. The van der Waals surface area contributed by atoms with Crippen molar-refractivity contribution in [2.24, 2.45) is 5.41 Å². The minimum absolute atomic E-state index is 0.0704. The topological polar surface area (TPSA) is 35.6 Å². The molecule has 0 saturated carbocycles. The van der Waals surface area contributed by atoms with E-state index in [0.29, 0.717) is 13.0 Å². The summed E-state index contributed by atoms with van der Waals surface area (Å²) >= 11 is 0. The summed E-state index contributed by atoms with van der Waals surface area (Å²) in [5.41, 5.74) is 3.75. The second kappa shape index (κ2) is 9.22. The summed E-state index contributed by atoms with van der Waals surface area (Å²) in [7, 11) is 0. The molecule has 3 aliphatic heterocycles.